The van der Waals surface area contributed by atoms with E-state index in [4.69, 9.17) is 4.74 Å². The van der Waals surface area contributed by atoms with Gasteiger partial charge in [-0.3, -0.25) is 0 Å². The summed E-state index contributed by atoms with van der Waals surface area (Å²) >= 11 is 0. The second-order valence-electron chi connectivity index (χ2n) is 3.77. The van der Waals surface area contributed by atoms with Crippen LogP contribution in [0.3, 0.4) is 0 Å². The van der Waals surface area contributed by atoms with Crippen LogP contribution in [0.15, 0.2) is 0 Å². The number of hydrogen-bond acceptors (Lipinski definition) is 2. The lowest BCUT2D eigenvalue weighted by atomic mass is 10.2. The van der Waals surface area contributed by atoms with Gasteiger partial charge in [0.1, 0.15) is 0 Å². The first-order valence-corrected chi connectivity index (χ1v) is 5.13. The molecule has 0 spiro atoms. The zero-order valence-corrected chi connectivity index (χ0v) is 8.38. The third-order valence-corrected chi connectivity index (χ3v) is 2.38. The van der Waals surface area contributed by atoms with Crippen LogP contribution in [-0.4, -0.2) is 37.7 Å². The fraction of sp³-hybridized carbons (Fsp3) is 1.00. The van der Waals surface area contributed by atoms with Crippen molar-refractivity contribution in [3.05, 3.63) is 0 Å². The minimum absolute atomic E-state index is 0.697. The summed E-state index contributed by atoms with van der Waals surface area (Å²) in [7, 11) is 0. The Bertz CT molecular complexity index is 110. The summed E-state index contributed by atoms with van der Waals surface area (Å²) in [5.74, 6) is 0.697. The zero-order valence-electron chi connectivity index (χ0n) is 8.38. The van der Waals surface area contributed by atoms with E-state index in [1.54, 1.807) is 0 Å². The Morgan fingerprint density at radius 2 is 2.00 bits per heavy atom. The number of hydrogen-bond donors (Lipinski definition) is 0. The fourth-order valence-corrected chi connectivity index (χ4v) is 1.78. The monoisotopic (exact) mass is 171 g/mol. The molecule has 0 aromatic heterocycles. The molecule has 1 fully saturated rings. The van der Waals surface area contributed by atoms with Gasteiger partial charge >= 0.3 is 0 Å². The van der Waals surface area contributed by atoms with Gasteiger partial charge in [0.15, 0.2) is 0 Å². The number of ether oxygens (including phenoxy) is 1. The van der Waals surface area contributed by atoms with E-state index in [2.05, 4.69) is 18.7 Å². The van der Waals surface area contributed by atoms with E-state index in [9.17, 15) is 0 Å². The highest BCUT2D eigenvalue weighted by atomic mass is 16.5. The number of rotatable bonds is 5. The van der Waals surface area contributed by atoms with Crippen molar-refractivity contribution in [2.75, 3.05) is 32.8 Å². The fourth-order valence-electron chi connectivity index (χ4n) is 1.78. The molecule has 0 bridgehead atoms. The van der Waals surface area contributed by atoms with E-state index in [-0.39, 0.29) is 0 Å². The smallest absolute Gasteiger partial charge is 0.0503 e. The summed E-state index contributed by atoms with van der Waals surface area (Å²) in [6.07, 6.45) is 2.78. The molecule has 0 saturated carbocycles. The van der Waals surface area contributed by atoms with Gasteiger partial charge in [-0.15, -0.1) is 0 Å². The molecule has 2 heteroatoms. The Labute approximate surface area is 75.9 Å². The molecule has 1 heterocycles. The SMILES string of the molecule is CCOCC(C)CN1CCCC1. The van der Waals surface area contributed by atoms with Crippen LogP contribution in [0.5, 0.6) is 0 Å². The van der Waals surface area contributed by atoms with Gasteiger partial charge in [-0.2, -0.15) is 0 Å². The van der Waals surface area contributed by atoms with E-state index < -0.39 is 0 Å². The topological polar surface area (TPSA) is 12.5 Å². The van der Waals surface area contributed by atoms with Gasteiger partial charge in [-0.1, -0.05) is 6.92 Å². The van der Waals surface area contributed by atoms with E-state index in [0.29, 0.717) is 5.92 Å². The largest absolute Gasteiger partial charge is 0.381 e. The summed E-state index contributed by atoms with van der Waals surface area (Å²) in [6.45, 7) is 9.93. The van der Waals surface area contributed by atoms with Crippen LogP contribution < -0.4 is 0 Å². The van der Waals surface area contributed by atoms with Gasteiger partial charge in [0, 0.05) is 13.2 Å². The molecule has 72 valence electrons. The summed E-state index contributed by atoms with van der Waals surface area (Å²) in [4.78, 5) is 2.55. The Morgan fingerprint density at radius 1 is 1.33 bits per heavy atom. The number of likely N-dealkylation sites (tertiary alicyclic amines) is 1. The first kappa shape index (κ1) is 10.0. The normalized spacial score (nSPS) is 21.5. The highest BCUT2D eigenvalue weighted by molar-refractivity contribution is 4.68. The first-order valence-electron chi connectivity index (χ1n) is 5.13. The highest BCUT2D eigenvalue weighted by Gasteiger charge is 2.14. The summed E-state index contributed by atoms with van der Waals surface area (Å²) in [5.41, 5.74) is 0. The van der Waals surface area contributed by atoms with Crippen molar-refractivity contribution in [1.29, 1.82) is 0 Å². The Kier molecular flexibility index (Phi) is 4.62. The average Bonchev–Trinajstić information content (AvgIpc) is 2.53. The zero-order chi connectivity index (χ0) is 8.81. The summed E-state index contributed by atoms with van der Waals surface area (Å²) in [5, 5.41) is 0. The van der Waals surface area contributed by atoms with Crippen LogP contribution in [0.4, 0.5) is 0 Å². The molecule has 1 aliphatic heterocycles. The van der Waals surface area contributed by atoms with Crippen molar-refractivity contribution in [3.63, 3.8) is 0 Å². The molecule has 0 amide bonds. The minimum Gasteiger partial charge on any atom is -0.381 e. The second-order valence-corrected chi connectivity index (χ2v) is 3.77. The molecule has 0 radical (unpaired) electrons. The quantitative estimate of drug-likeness (QED) is 0.625. The van der Waals surface area contributed by atoms with Crippen LogP contribution >= 0.6 is 0 Å². The lowest BCUT2D eigenvalue weighted by Crippen LogP contribution is -2.27. The molecule has 12 heavy (non-hydrogen) atoms. The average molecular weight is 171 g/mol. The first-order chi connectivity index (χ1) is 5.83. The summed E-state index contributed by atoms with van der Waals surface area (Å²) < 4.78 is 5.38. The van der Waals surface area contributed by atoms with E-state index >= 15 is 0 Å². The maximum absolute atomic E-state index is 5.38. The van der Waals surface area contributed by atoms with Crippen LogP contribution in [0.2, 0.25) is 0 Å². The Balaban J connectivity index is 2.03. The number of nitrogens with zero attached hydrogens (tertiary/aromatic N) is 1. The lowest BCUT2D eigenvalue weighted by Gasteiger charge is -2.19. The lowest BCUT2D eigenvalue weighted by molar-refractivity contribution is 0.101. The van der Waals surface area contributed by atoms with Crippen LogP contribution in [0.25, 0.3) is 0 Å². The van der Waals surface area contributed by atoms with Crippen molar-refractivity contribution in [1.82, 2.24) is 4.90 Å². The Hall–Kier alpha value is -0.0800. The Morgan fingerprint density at radius 3 is 2.58 bits per heavy atom. The predicted octanol–water partition coefficient (Wildman–Crippen LogP) is 1.75. The maximum Gasteiger partial charge on any atom is 0.0503 e. The molecule has 1 unspecified atom stereocenters. The molecule has 0 N–H and O–H groups in total. The molecule has 1 saturated heterocycles. The van der Waals surface area contributed by atoms with Crippen LogP contribution in [0.1, 0.15) is 26.7 Å². The van der Waals surface area contributed by atoms with Gasteiger partial charge in [0.2, 0.25) is 0 Å². The van der Waals surface area contributed by atoms with Gasteiger partial charge in [0.05, 0.1) is 6.61 Å². The molecule has 1 rings (SSSR count). The third-order valence-electron chi connectivity index (χ3n) is 2.38. The molecular weight excluding hydrogens is 150 g/mol. The van der Waals surface area contributed by atoms with E-state index in [0.717, 1.165) is 13.2 Å². The molecule has 2 nitrogen and oxygen atoms in total. The highest BCUT2D eigenvalue weighted by Crippen LogP contribution is 2.10. The molecule has 0 aromatic rings. The van der Waals surface area contributed by atoms with Gasteiger partial charge in [0.25, 0.3) is 0 Å². The molecule has 0 aliphatic carbocycles. The van der Waals surface area contributed by atoms with Crippen molar-refractivity contribution in [3.8, 4) is 0 Å². The minimum atomic E-state index is 0.697. The van der Waals surface area contributed by atoms with Crippen LogP contribution in [-0.2, 0) is 4.74 Å². The maximum atomic E-state index is 5.38. The van der Waals surface area contributed by atoms with Gasteiger partial charge in [-0.05, 0) is 38.8 Å². The van der Waals surface area contributed by atoms with Crippen molar-refractivity contribution >= 4 is 0 Å². The molecule has 1 atom stereocenters. The molecule has 1 aliphatic rings. The van der Waals surface area contributed by atoms with Gasteiger partial charge < -0.3 is 9.64 Å². The second kappa shape index (κ2) is 5.55. The third kappa shape index (κ3) is 3.55. The summed E-state index contributed by atoms with van der Waals surface area (Å²) in [6, 6.07) is 0. The predicted molar refractivity (Wildman–Crippen MR) is 51.3 cm³/mol. The van der Waals surface area contributed by atoms with Crippen molar-refractivity contribution < 1.29 is 4.74 Å². The van der Waals surface area contributed by atoms with E-state index in [1.165, 1.54) is 32.5 Å². The molecular formula is C10H21NO. The molecule has 0 aromatic carbocycles. The standard InChI is InChI=1S/C10H21NO/c1-3-12-9-10(2)8-11-6-4-5-7-11/h10H,3-9H2,1-2H3. The van der Waals surface area contributed by atoms with Gasteiger partial charge in [-0.25, -0.2) is 0 Å². The van der Waals surface area contributed by atoms with Crippen molar-refractivity contribution in [2.24, 2.45) is 5.92 Å². The van der Waals surface area contributed by atoms with Crippen LogP contribution in [0, 0.1) is 5.92 Å². The van der Waals surface area contributed by atoms with E-state index in [1.807, 2.05) is 0 Å². The van der Waals surface area contributed by atoms with Crippen molar-refractivity contribution in [2.45, 2.75) is 26.7 Å².